The van der Waals surface area contributed by atoms with Crippen molar-refractivity contribution in [3.8, 4) is 6.07 Å². The van der Waals surface area contributed by atoms with Crippen LogP contribution in [0.15, 0.2) is 24.4 Å². The number of nitriles is 1. The van der Waals surface area contributed by atoms with Crippen LogP contribution in [0.2, 0.25) is 0 Å². The van der Waals surface area contributed by atoms with Gasteiger partial charge in [0.05, 0.1) is 5.56 Å². The summed E-state index contributed by atoms with van der Waals surface area (Å²) in [6.07, 6.45) is 1.50. The number of aromatic nitrogens is 1. The van der Waals surface area contributed by atoms with E-state index in [1.54, 1.807) is 0 Å². The van der Waals surface area contributed by atoms with Gasteiger partial charge in [-0.25, -0.2) is 4.98 Å². The van der Waals surface area contributed by atoms with E-state index in [9.17, 15) is 8.78 Å². The summed E-state index contributed by atoms with van der Waals surface area (Å²) in [4.78, 5) is 3.96. The van der Waals surface area contributed by atoms with Crippen LogP contribution < -0.4 is 5.73 Å². The topological polar surface area (TPSA) is 62.7 Å². The van der Waals surface area contributed by atoms with E-state index in [1.165, 1.54) is 13.1 Å². The van der Waals surface area contributed by atoms with E-state index in [1.807, 2.05) is 12.1 Å². The van der Waals surface area contributed by atoms with E-state index in [2.05, 4.69) is 18.8 Å². The molecule has 0 saturated carbocycles. The number of hydrogen-bond donors (Lipinski definition) is 1. The molecule has 0 spiro atoms. The number of allylic oxidation sites excluding steroid dienone is 1. The normalized spacial score (nSPS) is 9.17. The van der Waals surface area contributed by atoms with Gasteiger partial charge in [-0.15, -0.1) is 0 Å². The Balaban J connectivity index is 0.000000494. The highest BCUT2D eigenvalue weighted by Gasteiger charge is 2.04. The Morgan fingerprint density at radius 2 is 2.11 bits per heavy atom. The molecule has 0 aromatic carbocycles. The molecule has 0 aliphatic carbocycles. The smallest absolute Gasteiger partial charge is 0.266 e. The van der Waals surface area contributed by atoms with Gasteiger partial charge in [0.2, 0.25) is 0 Å². The number of hydrogen-bond acceptors (Lipinski definition) is 3. The van der Waals surface area contributed by atoms with Gasteiger partial charge < -0.3 is 5.73 Å². The van der Waals surface area contributed by atoms with Crippen LogP contribution in [0.3, 0.4) is 0 Å². The Kier molecular flexibility index (Phi) is 7.29. The van der Waals surface area contributed by atoms with Crippen LogP contribution in [0.4, 0.5) is 14.6 Å². The van der Waals surface area contributed by atoms with Crippen LogP contribution in [0, 0.1) is 17.2 Å². The van der Waals surface area contributed by atoms with Gasteiger partial charge in [-0.05, 0) is 37.0 Å². The number of halogens is 2. The molecule has 0 atom stereocenters. The van der Waals surface area contributed by atoms with E-state index in [0.29, 0.717) is 17.3 Å². The fourth-order valence-electron chi connectivity index (χ4n) is 1.19. The second-order valence-electron chi connectivity index (χ2n) is 4.06. The molecule has 1 rings (SSSR count). The summed E-state index contributed by atoms with van der Waals surface area (Å²) < 4.78 is 21.2. The Morgan fingerprint density at radius 1 is 1.56 bits per heavy atom. The van der Waals surface area contributed by atoms with Gasteiger partial charge in [0.1, 0.15) is 11.9 Å². The predicted molar refractivity (Wildman–Crippen MR) is 67.9 cm³/mol. The maximum Gasteiger partial charge on any atom is 0.266 e. The molecule has 0 fully saturated rings. The van der Waals surface area contributed by atoms with Crippen molar-refractivity contribution in [2.75, 3.05) is 5.73 Å². The average molecular weight is 253 g/mol. The zero-order valence-electron chi connectivity index (χ0n) is 10.7. The molecule has 5 heteroatoms. The van der Waals surface area contributed by atoms with Crippen molar-refractivity contribution >= 4 is 5.82 Å². The van der Waals surface area contributed by atoms with Crippen LogP contribution >= 0.6 is 0 Å². The van der Waals surface area contributed by atoms with Crippen molar-refractivity contribution in [1.29, 1.82) is 5.26 Å². The van der Waals surface area contributed by atoms with Crippen LogP contribution in [0.5, 0.6) is 0 Å². The summed E-state index contributed by atoms with van der Waals surface area (Å²) >= 11 is 0. The highest BCUT2D eigenvalue weighted by Crippen LogP contribution is 2.14. The molecule has 0 bridgehead atoms. The van der Waals surface area contributed by atoms with Crippen molar-refractivity contribution in [3.63, 3.8) is 0 Å². The zero-order valence-corrected chi connectivity index (χ0v) is 10.7. The minimum absolute atomic E-state index is 0.526. The van der Waals surface area contributed by atoms with Crippen LogP contribution in [0.25, 0.3) is 0 Å². The molecule has 18 heavy (non-hydrogen) atoms. The second kappa shape index (κ2) is 8.18. The second-order valence-corrected chi connectivity index (χ2v) is 4.06. The first-order valence-corrected chi connectivity index (χ1v) is 5.52. The molecule has 1 aromatic heterocycles. The fourth-order valence-corrected chi connectivity index (χ4v) is 1.19. The van der Waals surface area contributed by atoms with Crippen molar-refractivity contribution in [1.82, 2.24) is 4.98 Å². The number of nitrogens with zero attached hydrogens (tertiary/aromatic N) is 2. The van der Waals surface area contributed by atoms with Gasteiger partial charge in [-0.3, -0.25) is 0 Å². The molecule has 2 N–H and O–H groups in total. The van der Waals surface area contributed by atoms with Crippen molar-refractivity contribution < 1.29 is 8.78 Å². The summed E-state index contributed by atoms with van der Waals surface area (Å²) in [5, 5.41) is 8.66. The molecule has 1 heterocycles. The summed E-state index contributed by atoms with van der Waals surface area (Å²) in [5.41, 5.74) is 7.21. The SMILES string of the molecule is CC(C)Cc1cc(C#N)cnc1N.CC=C(F)F. The Hall–Kier alpha value is -1.96. The minimum Gasteiger partial charge on any atom is -0.383 e. The zero-order chi connectivity index (χ0) is 14.1. The number of nitrogens with two attached hydrogens (primary N) is 1. The van der Waals surface area contributed by atoms with Crippen LogP contribution in [-0.4, -0.2) is 4.98 Å². The first kappa shape index (κ1) is 16.0. The van der Waals surface area contributed by atoms with Crippen molar-refractivity contribution in [2.45, 2.75) is 27.2 Å². The number of rotatable bonds is 2. The van der Waals surface area contributed by atoms with E-state index in [4.69, 9.17) is 11.0 Å². The number of anilines is 1. The minimum atomic E-state index is -1.62. The highest BCUT2D eigenvalue weighted by molar-refractivity contribution is 5.44. The van der Waals surface area contributed by atoms with Gasteiger partial charge in [0.15, 0.2) is 0 Å². The molecular weight excluding hydrogens is 236 g/mol. The van der Waals surface area contributed by atoms with Gasteiger partial charge in [0, 0.05) is 6.20 Å². The monoisotopic (exact) mass is 253 g/mol. The maximum absolute atomic E-state index is 10.6. The molecular formula is C13H17F2N3. The molecule has 0 amide bonds. The third-order valence-corrected chi connectivity index (χ3v) is 1.98. The lowest BCUT2D eigenvalue weighted by Gasteiger charge is -2.07. The molecule has 98 valence electrons. The average Bonchev–Trinajstić information content (AvgIpc) is 2.32. The lowest BCUT2D eigenvalue weighted by molar-refractivity contribution is 0.420. The summed E-state index contributed by atoms with van der Waals surface area (Å²) in [5.74, 6) is 1.06. The fraction of sp³-hybridized carbons (Fsp3) is 0.385. The molecule has 0 radical (unpaired) electrons. The standard InChI is InChI=1S/C10H13N3.C3H4F2/c1-7(2)3-9-4-8(5-11)6-13-10(9)12;1-2-3(4)5/h4,6-7H,3H2,1-2H3,(H2,12,13);2H,1H3. The molecule has 0 unspecified atom stereocenters. The quantitative estimate of drug-likeness (QED) is 0.877. The van der Waals surface area contributed by atoms with E-state index >= 15 is 0 Å². The van der Waals surface area contributed by atoms with Crippen molar-refractivity contribution in [3.05, 3.63) is 35.5 Å². The van der Waals surface area contributed by atoms with Gasteiger partial charge in [-0.2, -0.15) is 14.0 Å². The lowest BCUT2D eigenvalue weighted by Crippen LogP contribution is -2.02. The summed E-state index contributed by atoms with van der Waals surface area (Å²) in [6, 6.07) is 3.86. The summed E-state index contributed by atoms with van der Waals surface area (Å²) in [6.45, 7) is 5.51. The maximum atomic E-state index is 10.6. The molecule has 1 aromatic rings. The third kappa shape index (κ3) is 6.59. The molecule has 0 saturated heterocycles. The Morgan fingerprint density at radius 3 is 2.50 bits per heavy atom. The van der Waals surface area contributed by atoms with Crippen LogP contribution in [0.1, 0.15) is 31.9 Å². The number of pyridine rings is 1. The van der Waals surface area contributed by atoms with Gasteiger partial charge in [-0.1, -0.05) is 13.8 Å². The lowest BCUT2D eigenvalue weighted by atomic mass is 10.0. The molecule has 0 aliphatic heterocycles. The largest absolute Gasteiger partial charge is 0.383 e. The first-order chi connectivity index (χ1) is 8.40. The number of nitrogen functional groups attached to an aromatic ring is 1. The third-order valence-electron chi connectivity index (χ3n) is 1.98. The van der Waals surface area contributed by atoms with Crippen molar-refractivity contribution in [2.24, 2.45) is 5.92 Å². The van der Waals surface area contributed by atoms with E-state index in [0.717, 1.165) is 18.1 Å². The molecule has 0 aliphatic rings. The molecule has 3 nitrogen and oxygen atoms in total. The predicted octanol–water partition coefficient (Wildman–Crippen LogP) is 3.52. The first-order valence-electron chi connectivity index (χ1n) is 5.52. The van der Waals surface area contributed by atoms with Gasteiger partial charge in [0.25, 0.3) is 6.08 Å². The van der Waals surface area contributed by atoms with Gasteiger partial charge >= 0.3 is 0 Å². The highest BCUT2D eigenvalue weighted by atomic mass is 19.3. The summed E-state index contributed by atoms with van der Waals surface area (Å²) in [7, 11) is 0. The van der Waals surface area contributed by atoms with E-state index in [-0.39, 0.29) is 0 Å². The Bertz CT molecular complexity index is 444. The Labute approximate surface area is 106 Å². The van der Waals surface area contributed by atoms with Crippen LogP contribution in [-0.2, 0) is 6.42 Å². The van der Waals surface area contributed by atoms with E-state index < -0.39 is 6.08 Å².